The summed E-state index contributed by atoms with van der Waals surface area (Å²) < 4.78 is 1.91. The van der Waals surface area contributed by atoms with E-state index in [1.54, 1.807) is 24.5 Å². The fraction of sp³-hybridized carbons (Fsp3) is 0.0476. The summed E-state index contributed by atoms with van der Waals surface area (Å²) in [6.45, 7) is 0. The minimum Gasteiger partial charge on any atom is -0.324 e. The first-order chi connectivity index (χ1) is 14.2. The summed E-state index contributed by atoms with van der Waals surface area (Å²) in [5.74, 6) is 0.657. The van der Waals surface area contributed by atoms with Gasteiger partial charge in [-0.1, -0.05) is 53.7 Å². The third kappa shape index (κ3) is 4.47. The van der Waals surface area contributed by atoms with E-state index in [2.05, 4.69) is 20.5 Å². The van der Waals surface area contributed by atoms with E-state index in [-0.39, 0.29) is 11.7 Å². The molecule has 0 saturated heterocycles. The van der Waals surface area contributed by atoms with Crippen LogP contribution in [0, 0.1) is 0 Å². The molecule has 0 spiro atoms. The lowest BCUT2D eigenvalue weighted by Crippen LogP contribution is -2.14. The Kier molecular flexibility index (Phi) is 5.88. The molecule has 0 aliphatic rings. The van der Waals surface area contributed by atoms with Gasteiger partial charge < -0.3 is 5.32 Å². The predicted molar refractivity (Wildman–Crippen MR) is 115 cm³/mol. The summed E-state index contributed by atoms with van der Waals surface area (Å²) in [6.07, 6.45) is 3.26. The number of hydrogen-bond acceptors (Lipinski definition) is 5. The highest BCUT2D eigenvalue weighted by Gasteiger charge is 2.18. The highest BCUT2D eigenvalue weighted by molar-refractivity contribution is 7.99. The van der Waals surface area contributed by atoms with Gasteiger partial charge >= 0.3 is 0 Å². The van der Waals surface area contributed by atoms with Crippen molar-refractivity contribution in [1.82, 2.24) is 19.7 Å². The van der Waals surface area contributed by atoms with Gasteiger partial charge in [-0.2, -0.15) is 0 Å². The Balaban J connectivity index is 1.62. The monoisotopic (exact) mass is 421 g/mol. The molecule has 29 heavy (non-hydrogen) atoms. The number of para-hydroxylation sites is 1. The number of benzene rings is 2. The van der Waals surface area contributed by atoms with Crippen molar-refractivity contribution in [3.8, 4) is 17.1 Å². The van der Waals surface area contributed by atoms with Crippen LogP contribution in [0.15, 0.2) is 84.3 Å². The molecule has 4 rings (SSSR count). The number of anilines is 1. The Morgan fingerprint density at radius 3 is 2.55 bits per heavy atom. The molecule has 0 atom stereocenters. The van der Waals surface area contributed by atoms with Gasteiger partial charge in [-0.05, 0) is 36.4 Å². The van der Waals surface area contributed by atoms with E-state index in [0.717, 1.165) is 11.3 Å². The first-order valence-corrected chi connectivity index (χ1v) is 10.2. The zero-order valence-corrected chi connectivity index (χ0v) is 16.8. The van der Waals surface area contributed by atoms with Crippen molar-refractivity contribution >= 4 is 35.0 Å². The van der Waals surface area contributed by atoms with Gasteiger partial charge in [0.25, 0.3) is 0 Å². The normalized spacial score (nSPS) is 10.7. The van der Waals surface area contributed by atoms with Crippen LogP contribution < -0.4 is 5.32 Å². The molecule has 4 aromatic rings. The molecule has 0 saturated carbocycles. The predicted octanol–water partition coefficient (Wildman–Crippen LogP) is 4.71. The lowest BCUT2D eigenvalue weighted by atomic mass is 10.2. The molecule has 0 bridgehead atoms. The van der Waals surface area contributed by atoms with Gasteiger partial charge in [-0.25, -0.2) is 0 Å². The van der Waals surface area contributed by atoms with Crippen molar-refractivity contribution in [2.24, 2.45) is 0 Å². The number of aromatic nitrogens is 4. The number of hydrogen-bond donors (Lipinski definition) is 1. The summed E-state index contributed by atoms with van der Waals surface area (Å²) in [5.41, 5.74) is 2.32. The highest BCUT2D eigenvalue weighted by Crippen LogP contribution is 2.31. The maximum atomic E-state index is 12.3. The molecule has 8 heteroatoms. The minimum atomic E-state index is -0.148. The molecule has 0 radical (unpaired) electrons. The second-order valence-corrected chi connectivity index (χ2v) is 7.39. The first-order valence-electron chi connectivity index (χ1n) is 8.81. The van der Waals surface area contributed by atoms with Gasteiger partial charge in [0.05, 0.1) is 22.7 Å². The average molecular weight is 422 g/mol. The van der Waals surface area contributed by atoms with Crippen molar-refractivity contribution in [2.75, 3.05) is 11.1 Å². The van der Waals surface area contributed by atoms with Crippen LogP contribution in [-0.4, -0.2) is 31.4 Å². The molecule has 2 aromatic carbocycles. The molecule has 2 aromatic heterocycles. The topological polar surface area (TPSA) is 72.7 Å². The fourth-order valence-corrected chi connectivity index (χ4v) is 3.73. The van der Waals surface area contributed by atoms with E-state index in [0.29, 0.717) is 21.7 Å². The Hall–Kier alpha value is -3.16. The second-order valence-electron chi connectivity index (χ2n) is 6.04. The van der Waals surface area contributed by atoms with Crippen molar-refractivity contribution in [2.45, 2.75) is 5.16 Å². The minimum absolute atomic E-state index is 0.148. The standard InChI is InChI=1S/C21H16ClN5OS/c22-18-11-5-4-10-17(18)20-25-26-21(27(20)16-8-2-1-3-9-16)29-14-19(28)24-15-7-6-12-23-13-15/h1-13H,14H2,(H,24,28). The Labute approximate surface area is 177 Å². The number of nitrogens with one attached hydrogen (secondary N) is 1. The van der Waals surface area contributed by atoms with Crippen LogP contribution in [0.4, 0.5) is 5.69 Å². The number of rotatable bonds is 6. The van der Waals surface area contributed by atoms with Crippen LogP contribution in [0.25, 0.3) is 17.1 Å². The number of amides is 1. The number of pyridine rings is 1. The van der Waals surface area contributed by atoms with E-state index >= 15 is 0 Å². The summed E-state index contributed by atoms with van der Waals surface area (Å²) in [6, 6.07) is 20.8. The van der Waals surface area contributed by atoms with E-state index < -0.39 is 0 Å². The fourth-order valence-electron chi connectivity index (χ4n) is 2.75. The number of carbonyl (C=O) groups excluding carboxylic acids is 1. The van der Waals surface area contributed by atoms with E-state index in [1.807, 2.05) is 59.2 Å². The van der Waals surface area contributed by atoms with Gasteiger partial charge in [0.15, 0.2) is 11.0 Å². The SMILES string of the molecule is O=C(CSc1nnc(-c2ccccc2Cl)n1-c1ccccc1)Nc1cccnc1. The van der Waals surface area contributed by atoms with Crippen LogP contribution in [0.2, 0.25) is 5.02 Å². The number of thioether (sulfide) groups is 1. The largest absolute Gasteiger partial charge is 0.324 e. The van der Waals surface area contributed by atoms with Crippen molar-refractivity contribution < 1.29 is 4.79 Å². The molecule has 144 valence electrons. The highest BCUT2D eigenvalue weighted by atomic mass is 35.5. The Morgan fingerprint density at radius 2 is 1.79 bits per heavy atom. The molecule has 2 heterocycles. The molecule has 0 fully saturated rings. The molecule has 1 amide bonds. The van der Waals surface area contributed by atoms with Crippen molar-refractivity contribution in [3.05, 3.63) is 84.1 Å². The van der Waals surface area contributed by atoms with Gasteiger partial charge in [0, 0.05) is 17.4 Å². The van der Waals surface area contributed by atoms with Gasteiger partial charge in [-0.15, -0.1) is 10.2 Å². The van der Waals surface area contributed by atoms with Crippen LogP contribution in [0.5, 0.6) is 0 Å². The molecule has 0 aliphatic carbocycles. The molecule has 0 unspecified atom stereocenters. The lowest BCUT2D eigenvalue weighted by molar-refractivity contribution is -0.113. The van der Waals surface area contributed by atoms with Gasteiger partial charge in [0.2, 0.25) is 5.91 Å². The third-order valence-electron chi connectivity index (χ3n) is 4.04. The lowest BCUT2D eigenvalue weighted by Gasteiger charge is -2.11. The van der Waals surface area contributed by atoms with Gasteiger partial charge in [0.1, 0.15) is 0 Å². The molecular weight excluding hydrogens is 406 g/mol. The molecule has 6 nitrogen and oxygen atoms in total. The number of halogens is 1. The second kappa shape index (κ2) is 8.89. The Morgan fingerprint density at radius 1 is 1.00 bits per heavy atom. The smallest absolute Gasteiger partial charge is 0.234 e. The van der Waals surface area contributed by atoms with Crippen molar-refractivity contribution in [1.29, 1.82) is 0 Å². The maximum absolute atomic E-state index is 12.3. The van der Waals surface area contributed by atoms with Crippen LogP contribution in [0.3, 0.4) is 0 Å². The summed E-state index contributed by atoms with van der Waals surface area (Å²) >= 11 is 7.69. The molecular formula is C21H16ClN5OS. The molecule has 1 N–H and O–H groups in total. The zero-order chi connectivity index (χ0) is 20.1. The quantitative estimate of drug-likeness (QED) is 0.456. The Bertz CT molecular complexity index is 1120. The number of carbonyl (C=O) groups is 1. The summed E-state index contributed by atoms with van der Waals surface area (Å²) in [7, 11) is 0. The van der Waals surface area contributed by atoms with Crippen LogP contribution in [-0.2, 0) is 4.79 Å². The maximum Gasteiger partial charge on any atom is 0.234 e. The van der Waals surface area contributed by atoms with Gasteiger partial charge in [-0.3, -0.25) is 14.3 Å². The summed E-state index contributed by atoms with van der Waals surface area (Å²) in [5, 5.41) is 12.7. The van der Waals surface area contributed by atoms with E-state index in [9.17, 15) is 4.79 Å². The number of nitrogens with zero attached hydrogens (tertiary/aromatic N) is 4. The van der Waals surface area contributed by atoms with E-state index in [4.69, 9.17) is 11.6 Å². The zero-order valence-electron chi connectivity index (χ0n) is 15.2. The van der Waals surface area contributed by atoms with Crippen molar-refractivity contribution in [3.63, 3.8) is 0 Å². The third-order valence-corrected chi connectivity index (χ3v) is 5.30. The van der Waals surface area contributed by atoms with Crippen LogP contribution >= 0.6 is 23.4 Å². The molecule has 0 aliphatic heterocycles. The summed E-state index contributed by atoms with van der Waals surface area (Å²) in [4.78, 5) is 16.3. The first kappa shape index (κ1) is 19.2. The average Bonchev–Trinajstić information content (AvgIpc) is 3.18. The van der Waals surface area contributed by atoms with Crippen LogP contribution in [0.1, 0.15) is 0 Å². The van der Waals surface area contributed by atoms with E-state index in [1.165, 1.54) is 11.8 Å².